The van der Waals surface area contributed by atoms with Gasteiger partial charge in [0.2, 0.25) is 10.0 Å². The van der Waals surface area contributed by atoms with Crippen LogP contribution in [0.4, 0.5) is 0 Å². The third-order valence-corrected chi connectivity index (χ3v) is 8.70. The first-order valence-electron chi connectivity index (χ1n) is 15.6. The molecule has 0 saturated carbocycles. The molecule has 45 heavy (non-hydrogen) atoms. The van der Waals surface area contributed by atoms with Crippen LogP contribution in [0.1, 0.15) is 84.1 Å². The van der Waals surface area contributed by atoms with Crippen LogP contribution in [0, 0.1) is 5.92 Å². The highest BCUT2D eigenvalue weighted by Crippen LogP contribution is 2.17. The molecule has 12 heteroatoms. The summed E-state index contributed by atoms with van der Waals surface area (Å²) in [5.74, 6) is -1.35. The van der Waals surface area contributed by atoms with Gasteiger partial charge in [0.25, 0.3) is 17.7 Å². The Balaban J connectivity index is 2.46. The van der Waals surface area contributed by atoms with Gasteiger partial charge in [-0.25, -0.2) is 13.4 Å². The number of benzene rings is 2. The number of sulfonamides is 1. The average Bonchev–Trinajstić information content (AvgIpc) is 2.98. The number of hydrogen-bond acceptors (Lipinski definition) is 7. The van der Waals surface area contributed by atoms with Crippen molar-refractivity contribution in [2.75, 3.05) is 46.0 Å². The molecule has 0 aliphatic carbocycles. The molecule has 3 amide bonds. The molecule has 2 aromatic carbocycles. The molecule has 250 valence electrons. The summed E-state index contributed by atoms with van der Waals surface area (Å²) < 4.78 is 25.2. The third kappa shape index (κ3) is 12.2. The van der Waals surface area contributed by atoms with Crippen molar-refractivity contribution in [1.82, 2.24) is 25.0 Å². The van der Waals surface area contributed by atoms with Crippen molar-refractivity contribution in [2.45, 2.75) is 66.0 Å². The minimum Gasteiger partial charge on any atom is -0.390 e. The number of aliphatic hydroxyl groups excluding tert-OH is 1. The highest BCUT2D eigenvalue weighted by Gasteiger charge is 2.28. The SMILES string of the molecule is CCCN(CCC)C(=O)c1cc(C(=O)NC(Cc2ccccc2)C(O)CN(CC)NS(=O)(=O)CC(C)C)cc(C(=O)N(C)C)c1. The van der Waals surface area contributed by atoms with Gasteiger partial charge in [-0.15, -0.1) is 4.83 Å². The van der Waals surface area contributed by atoms with Gasteiger partial charge in [0, 0.05) is 57.0 Å². The molecule has 2 aromatic rings. The second-order valence-electron chi connectivity index (χ2n) is 11.9. The van der Waals surface area contributed by atoms with Gasteiger partial charge in [-0.3, -0.25) is 14.4 Å². The molecular formula is C33H51N5O6S. The summed E-state index contributed by atoms with van der Waals surface area (Å²) in [4.78, 5) is 45.9. The Hall–Kier alpha value is -3.32. The molecule has 0 saturated heterocycles. The minimum absolute atomic E-state index is 0.0687. The average molecular weight is 646 g/mol. The lowest BCUT2D eigenvalue weighted by Crippen LogP contribution is -2.53. The zero-order valence-corrected chi connectivity index (χ0v) is 28.6. The zero-order chi connectivity index (χ0) is 33.7. The number of nitrogens with zero attached hydrogens (tertiary/aromatic N) is 3. The van der Waals surface area contributed by atoms with E-state index in [1.54, 1.807) is 39.8 Å². The summed E-state index contributed by atoms with van der Waals surface area (Å²) in [6.45, 7) is 10.6. The van der Waals surface area contributed by atoms with E-state index in [1.165, 1.54) is 28.1 Å². The number of carbonyl (C=O) groups excluding carboxylic acids is 3. The Bertz CT molecular complexity index is 1360. The van der Waals surface area contributed by atoms with Crippen molar-refractivity contribution in [3.05, 3.63) is 70.8 Å². The molecule has 0 heterocycles. The van der Waals surface area contributed by atoms with E-state index in [9.17, 15) is 27.9 Å². The van der Waals surface area contributed by atoms with Crippen LogP contribution in [0.2, 0.25) is 0 Å². The molecule has 0 radical (unpaired) electrons. The van der Waals surface area contributed by atoms with E-state index < -0.39 is 28.1 Å². The Morgan fingerprint density at radius 1 is 0.867 bits per heavy atom. The number of rotatable bonds is 18. The molecular weight excluding hydrogens is 594 g/mol. The lowest BCUT2D eigenvalue weighted by molar-refractivity contribution is 0.0634. The number of amides is 3. The lowest BCUT2D eigenvalue weighted by Gasteiger charge is -2.30. The van der Waals surface area contributed by atoms with Crippen molar-refractivity contribution in [3.63, 3.8) is 0 Å². The fraction of sp³-hybridized carbons (Fsp3) is 0.545. The first kappa shape index (κ1) is 37.9. The fourth-order valence-corrected chi connectivity index (χ4v) is 6.51. The normalized spacial score (nSPS) is 13.0. The molecule has 2 unspecified atom stereocenters. The Kier molecular flexibility index (Phi) is 15.1. The zero-order valence-electron chi connectivity index (χ0n) is 27.7. The molecule has 2 rings (SSSR count). The molecule has 0 aliphatic rings. The molecule has 0 aromatic heterocycles. The van der Waals surface area contributed by atoms with Crippen LogP contribution in [0.5, 0.6) is 0 Å². The molecule has 0 aliphatic heterocycles. The first-order chi connectivity index (χ1) is 21.2. The Morgan fingerprint density at radius 2 is 1.42 bits per heavy atom. The molecule has 0 spiro atoms. The minimum atomic E-state index is -3.63. The second-order valence-corrected chi connectivity index (χ2v) is 13.7. The van der Waals surface area contributed by atoms with Gasteiger partial charge in [-0.05, 0) is 48.9 Å². The van der Waals surface area contributed by atoms with Gasteiger partial charge in [-0.2, -0.15) is 0 Å². The van der Waals surface area contributed by atoms with Crippen LogP contribution >= 0.6 is 0 Å². The van der Waals surface area contributed by atoms with Crippen LogP contribution in [0.3, 0.4) is 0 Å². The summed E-state index contributed by atoms with van der Waals surface area (Å²) in [7, 11) is -0.440. The first-order valence-corrected chi connectivity index (χ1v) is 17.3. The highest BCUT2D eigenvalue weighted by molar-refractivity contribution is 7.89. The largest absolute Gasteiger partial charge is 0.390 e. The number of likely N-dealkylation sites (N-methyl/N-ethyl adjacent to an activating group) is 1. The second kappa shape index (κ2) is 18.0. The monoisotopic (exact) mass is 645 g/mol. The molecule has 3 N–H and O–H groups in total. The smallest absolute Gasteiger partial charge is 0.253 e. The summed E-state index contributed by atoms with van der Waals surface area (Å²) >= 11 is 0. The van der Waals surface area contributed by atoms with Gasteiger partial charge in [0.05, 0.1) is 17.9 Å². The quantitative estimate of drug-likeness (QED) is 0.212. The van der Waals surface area contributed by atoms with Crippen molar-refractivity contribution in [1.29, 1.82) is 0 Å². The van der Waals surface area contributed by atoms with Crippen LogP contribution in [0.15, 0.2) is 48.5 Å². The van der Waals surface area contributed by atoms with Gasteiger partial charge >= 0.3 is 0 Å². The molecule has 11 nitrogen and oxygen atoms in total. The maximum absolute atomic E-state index is 13.8. The van der Waals surface area contributed by atoms with Gasteiger partial charge < -0.3 is 20.2 Å². The van der Waals surface area contributed by atoms with E-state index in [-0.39, 0.29) is 59.7 Å². The highest BCUT2D eigenvalue weighted by atomic mass is 32.2. The standard InChI is InChI=1S/C33H51N5O6S/c1-8-16-37(17-9-2)33(42)28-20-26(19-27(21-28)32(41)36(6)7)31(40)34-29(18-25-14-12-11-13-15-25)30(39)22-38(10-3)35-45(43,44)23-24(4)5/h11-15,19-21,24,29-30,35,39H,8-10,16-18,22-23H2,1-7H3,(H,34,40). The predicted octanol–water partition coefficient (Wildman–Crippen LogP) is 3.16. The van der Waals surface area contributed by atoms with Crippen LogP contribution in [-0.4, -0.2) is 104 Å². The van der Waals surface area contributed by atoms with E-state index in [1.807, 2.05) is 44.2 Å². The van der Waals surface area contributed by atoms with Gasteiger partial charge in [-0.1, -0.05) is 65.0 Å². The summed E-state index contributed by atoms with van der Waals surface area (Å²) in [6, 6.07) is 12.9. The predicted molar refractivity (Wildman–Crippen MR) is 177 cm³/mol. The maximum atomic E-state index is 13.8. The number of nitrogens with one attached hydrogen (secondary N) is 2. The van der Waals surface area contributed by atoms with Crippen molar-refractivity contribution in [3.8, 4) is 0 Å². The van der Waals surface area contributed by atoms with E-state index >= 15 is 0 Å². The summed E-state index contributed by atoms with van der Waals surface area (Å²) in [5, 5.41) is 15.7. The molecule has 0 bridgehead atoms. The maximum Gasteiger partial charge on any atom is 0.253 e. The Labute approximate surface area is 269 Å². The number of aliphatic hydroxyl groups is 1. The summed E-state index contributed by atoms with van der Waals surface area (Å²) in [5.41, 5.74) is 1.38. The van der Waals surface area contributed by atoms with E-state index in [4.69, 9.17) is 0 Å². The molecule has 2 atom stereocenters. The third-order valence-electron chi connectivity index (χ3n) is 7.06. The number of carbonyl (C=O) groups is 3. The number of hydrogen-bond donors (Lipinski definition) is 3. The number of hydrazine groups is 1. The van der Waals surface area contributed by atoms with Crippen molar-refractivity contribution < 1.29 is 27.9 Å². The van der Waals surface area contributed by atoms with Crippen LogP contribution in [-0.2, 0) is 16.4 Å². The fourth-order valence-electron chi connectivity index (χ4n) is 4.96. The summed E-state index contributed by atoms with van der Waals surface area (Å²) in [6.07, 6.45) is 0.605. The topological polar surface area (TPSA) is 139 Å². The van der Waals surface area contributed by atoms with Crippen molar-refractivity contribution >= 4 is 27.7 Å². The Morgan fingerprint density at radius 3 is 1.93 bits per heavy atom. The van der Waals surface area contributed by atoms with Crippen LogP contribution in [0.25, 0.3) is 0 Å². The van der Waals surface area contributed by atoms with E-state index in [0.29, 0.717) is 13.1 Å². The molecule has 0 fully saturated rings. The van der Waals surface area contributed by atoms with E-state index in [0.717, 1.165) is 18.4 Å². The lowest BCUT2D eigenvalue weighted by atomic mass is 9.99. The van der Waals surface area contributed by atoms with Crippen molar-refractivity contribution in [2.24, 2.45) is 5.92 Å². The van der Waals surface area contributed by atoms with E-state index in [2.05, 4.69) is 10.1 Å². The van der Waals surface area contributed by atoms with Gasteiger partial charge in [0.1, 0.15) is 0 Å². The van der Waals surface area contributed by atoms with Crippen LogP contribution < -0.4 is 10.1 Å². The van der Waals surface area contributed by atoms with Gasteiger partial charge in [0.15, 0.2) is 0 Å².